The van der Waals surface area contributed by atoms with Crippen LogP contribution in [0.3, 0.4) is 0 Å². The summed E-state index contributed by atoms with van der Waals surface area (Å²) in [4.78, 5) is 12.3. The lowest BCUT2D eigenvalue weighted by atomic mass is 10.1. The van der Waals surface area contributed by atoms with Crippen molar-refractivity contribution in [2.24, 2.45) is 0 Å². The third kappa shape index (κ3) is 5.60. The largest absolute Gasteiger partial charge is 0.325 e. The predicted molar refractivity (Wildman–Crippen MR) is 108 cm³/mol. The fourth-order valence-corrected chi connectivity index (χ4v) is 4.20. The second kappa shape index (κ2) is 9.77. The summed E-state index contributed by atoms with van der Waals surface area (Å²) in [5, 5.41) is 5.76. The van der Waals surface area contributed by atoms with Gasteiger partial charge in [0.1, 0.15) is 5.82 Å². The first-order chi connectivity index (χ1) is 13.3. The molecule has 8 heteroatoms. The Morgan fingerprint density at radius 2 is 1.61 bits per heavy atom. The summed E-state index contributed by atoms with van der Waals surface area (Å²) in [5.74, 6) is -0.615. The number of amides is 1. The molecule has 0 bridgehead atoms. The van der Waals surface area contributed by atoms with Gasteiger partial charge in [-0.25, -0.2) is 12.8 Å². The van der Waals surface area contributed by atoms with E-state index >= 15 is 0 Å². The number of nitrogens with one attached hydrogen (secondary N) is 2. The molecule has 0 saturated heterocycles. The van der Waals surface area contributed by atoms with Crippen LogP contribution < -0.4 is 10.6 Å². The van der Waals surface area contributed by atoms with Crippen molar-refractivity contribution in [3.63, 3.8) is 0 Å². The molecule has 1 atom stereocenters. The van der Waals surface area contributed by atoms with Crippen LogP contribution in [-0.2, 0) is 14.8 Å². The molecule has 0 spiro atoms. The minimum atomic E-state index is -3.48. The van der Waals surface area contributed by atoms with E-state index in [1.165, 1.54) is 28.6 Å². The van der Waals surface area contributed by atoms with E-state index in [4.69, 9.17) is 0 Å². The lowest BCUT2D eigenvalue weighted by Crippen LogP contribution is -2.31. The van der Waals surface area contributed by atoms with Gasteiger partial charge >= 0.3 is 0 Å². The minimum Gasteiger partial charge on any atom is -0.325 e. The van der Waals surface area contributed by atoms with Crippen LogP contribution >= 0.6 is 0 Å². The summed E-state index contributed by atoms with van der Waals surface area (Å²) in [5.41, 5.74) is 1.39. The van der Waals surface area contributed by atoms with E-state index in [0.29, 0.717) is 18.8 Å². The number of halogens is 1. The van der Waals surface area contributed by atoms with Crippen molar-refractivity contribution in [3.05, 3.63) is 59.9 Å². The van der Waals surface area contributed by atoms with E-state index in [1.54, 1.807) is 38.1 Å². The molecule has 2 aromatic rings. The van der Waals surface area contributed by atoms with Crippen molar-refractivity contribution >= 4 is 21.6 Å². The topological polar surface area (TPSA) is 78.5 Å². The van der Waals surface area contributed by atoms with E-state index in [0.717, 1.165) is 5.56 Å². The molecule has 0 heterocycles. The molecule has 1 amide bonds. The molecule has 0 aliphatic rings. The molecule has 0 radical (unpaired) electrons. The van der Waals surface area contributed by atoms with Crippen LogP contribution in [-0.4, -0.2) is 38.3 Å². The van der Waals surface area contributed by atoms with E-state index < -0.39 is 10.0 Å². The molecule has 6 nitrogen and oxygen atoms in total. The predicted octanol–water partition coefficient (Wildman–Crippen LogP) is 3.15. The van der Waals surface area contributed by atoms with Crippen LogP contribution in [0.1, 0.15) is 32.4 Å². The van der Waals surface area contributed by atoms with Gasteiger partial charge in [-0.2, -0.15) is 4.31 Å². The second-order valence-corrected chi connectivity index (χ2v) is 8.25. The number of hydrogen-bond donors (Lipinski definition) is 2. The normalized spacial score (nSPS) is 12.8. The number of carbonyl (C=O) groups is 1. The maximum Gasteiger partial charge on any atom is 0.243 e. The Morgan fingerprint density at radius 3 is 2.14 bits per heavy atom. The van der Waals surface area contributed by atoms with E-state index in [1.807, 2.05) is 6.92 Å². The van der Waals surface area contributed by atoms with Crippen LogP contribution in [0.15, 0.2) is 53.4 Å². The zero-order chi connectivity index (χ0) is 20.7. The number of rotatable bonds is 9. The quantitative estimate of drug-likeness (QED) is 0.669. The van der Waals surface area contributed by atoms with Gasteiger partial charge < -0.3 is 10.6 Å². The van der Waals surface area contributed by atoms with Crippen molar-refractivity contribution in [2.45, 2.75) is 31.7 Å². The van der Waals surface area contributed by atoms with Gasteiger partial charge in [-0.3, -0.25) is 4.79 Å². The standard InChI is InChI=1S/C20H26FN3O3S/c1-4-24(5-2)28(26,27)19-12-6-16(7-13-19)15(3)22-14-20(25)23-18-10-8-17(21)9-11-18/h6-13,15,22H,4-5,14H2,1-3H3,(H,23,25)/t15-/m0/s1. The monoisotopic (exact) mass is 407 g/mol. The highest BCUT2D eigenvalue weighted by Gasteiger charge is 2.21. The van der Waals surface area contributed by atoms with E-state index in [-0.39, 0.29) is 29.2 Å². The molecule has 28 heavy (non-hydrogen) atoms. The summed E-state index contributed by atoms with van der Waals surface area (Å²) in [7, 11) is -3.48. The molecule has 0 unspecified atom stereocenters. The Kier molecular flexibility index (Phi) is 7.68. The van der Waals surface area contributed by atoms with Gasteiger partial charge in [0, 0.05) is 24.8 Å². The summed E-state index contributed by atoms with van der Waals surface area (Å²) in [6.07, 6.45) is 0. The lowest BCUT2D eigenvalue weighted by molar-refractivity contribution is -0.115. The molecule has 152 valence electrons. The first-order valence-electron chi connectivity index (χ1n) is 9.16. The summed E-state index contributed by atoms with van der Waals surface area (Å²) >= 11 is 0. The zero-order valence-corrected chi connectivity index (χ0v) is 17.1. The fraction of sp³-hybridized carbons (Fsp3) is 0.350. The fourth-order valence-electron chi connectivity index (χ4n) is 2.74. The number of carbonyl (C=O) groups excluding carboxylic acids is 1. The molecule has 0 aromatic heterocycles. The molecule has 2 N–H and O–H groups in total. The zero-order valence-electron chi connectivity index (χ0n) is 16.3. The molecule has 2 aromatic carbocycles. The Hall–Kier alpha value is -2.29. The van der Waals surface area contributed by atoms with Gasteiger partial charge in [0.05, 0.1) is 11.4 Å². The van der Waals surface area contributed by atoms with E-state index in [2.05, 4.69) is 10.6 Å². The summed E-state index contributed by atoms with van der Waals surface area (Å²) in [6, 6.07) is 12.0. The summed E-state index contributed by atoms with van der Waals surface area (Å²) < 4.78 is 39.3. The average Bonchev–Trinajstić information content (AvgIpc) is 2.68. The highest BCUT2D eigenvalue weighted by atomic mass is 32.2. The highest BCUT2D eigenvalue weighted by molar-refractivity contribution is 7.89. The Balaban J connectivity index is 1.94. The maximum atomic E-state index is 12.9. The van der Waals surface area contributed by atoms with Crippen molar-refractivity contribution in [3.8, 4) is 0 Å². The number of sulfonamides is 1. The molecule has 0 aliphatic heterocycles. The van der Waals surface area contributed by atoms with E-state index in [9.17, 15) is 17.6 Å². The SMILES string of the molecule is CCN(CC)S(=O)(=O)c1ccc([C@H](C)NCC(=O)Nc2ccc(F)cc2)cc1. The molecule has 0 aliphatic carbocycles. The van der Waals surface area contributed by atoms with Crippen molar-refractivity contribution in [1.82, 2.24) is 9.62 Å². The van der Waals surface area contributed by atoms with Gasteiger partial charge in [-0.05, 0) is 48.9 Å². The van der Waals surface area contributed by atoms with Crippen LogP contribution in [0.4, 0.5) is 10.1 Å². The number of benzene rings is 2. The van der Waals surface area contributed by atoms with Crippen molar-refractivity contribution in [1.29, 1.82) is 0 Å². The van der Waals surface area contributed by atoms with Gasteiger partial charge in [0.2, 0.25) is 15.9 Å². The highest BCUT2D eigenvalue weighted by Crippen LogP contribution is 2.19. The molecule has 0 fully saturated rings. The average molecular weight is 408 g/mol. The third-order valence-electron chi connectivity index (χ3n) is 4.42. The summed E-state index contributed by atoms with van der Waals surface area (Å²) in [6.45, 7) is 6.40. The van der Waals surface area contributed by atoms with Gasteiger partial charge in [-0.1, -0.05) is 26.0 Å². The van der Waals surface area contributed by atoms with Crippen LogP contribution in [0.25, 0.3) is 0 Å². The van der Waals surface area contributed by atoms with Gasteiger partial charge in [-0.15, -0.1) is 0 Å². The third-order valence-corrected chi connectivity index (χ3v) is 6.48. The van der Waals surface area contributed by atoms with Gasteiger partial charge in [0.25, 0.3) is 0 Å². The smallest absolute Gasteiger partial charge is 0.243 e. The Bertz CT molecular complexity index is 880. The number of anilines is 1. The lowest BCUT2D eigenvalue weighted by Gasteiger charge is -2.19. The van der Waals surface area contributed by atoms with Crippen molar-refractivity contribution < 1.29 is 17.6 Å². The Labute approximate surface area is 165 Å². The first kappa shape index (κ1) is 22.0. The number of hydrogen-bond acceptors (Lipinski definition) is 4. The Morgan fingerprint density at radius 1 is 1.04 bits per heavy atom. The molecular weight excluding hydrogens is 381 g/mol. The molecule has 0 saturated carbocycles. The van der Waals surface area contributed by atoms with Gasteiger partial charge in [0.15, 0.2) is 0 Å². The van der Waals surface area contributed by atoms with Crippen LogP contribution in [0.5, 0.6) is 0 Å². The van der Waals surface area contributed by atoms with Crippen LogP contribution in [0, 0.1) is 5.82 Å². The maximum absolute atomic E-state index is 12.9. The molecular formula is C20H26FN3O3S. The minimum absolute atomic E-state index is 0.0675. The second-order valence-electron chi connectivity index (χ2n) is 6.32. The first-order valence-corrected chi connectivity index (χ1v) is 10.6. The van der Waals surface area contributed by atoms with Crippen LogP contribution in [0.2, 0.25) is 0 Å². The molecule has 2 rings (SSSR count). The number of nitrogens with zero attached hydrogens (tertiary/aromatic N) is 1. The van der Waals surface area contributed by atoms with Crippen molar-refractivity contribution in [2.75, 3.05) is 25.0 Å².